The van der Waals surface area contributed by atoms with E-state index >= 15 is 0 Å². The molecule has 0 aromatic heterocycles. The Hall–Kier alpha value is -2.07. The fraction of sp³-hybridized carbons (Fsp3) is 0.353. The Morgan fingerprint density at radius 3 is 2.57 bits per heavy atom. The first-order chi connectivity index (χ1) is 9.99. The third kappa shape index (κ3) is 2.47. The molecule has 1 saturated heterocycles. The van der Waals surface area contributed by atoms with Gasteiger partial charge in [-0.15, -0.1) is 0 Å². The lowest BCUT2D eigenvalue weighted by atomic mass is 9.83. The minimum absolute atomic E-state index is 0.152. The first kappa shape index (κ1) is 13.9. The second-order valence-corrected chi connectivity index (χ2v) is 6.07. The average molecular weight is 284 g/mol. The number of aliphatic hydroxyl groups is 1. The van der Waals surface area contributed by atoms with Gasteiger partial charge in [0.1, 0.15) is 5.60 Å². The summed E-state index contributed by atoms with van der Waals surface area (Å²) in [6.45, 7) is 4.72. The van der Waals surface area contributed by atoms with E-state index in [1.807, 2.05) is 56.3 Å². The van der Waals surface area contributed by atoms with Crippen LogP contribution >= 0.6 is 0 Å². The molecule has 2 N–H and O–H groups in total. The van der Waals surface area contributed by atoms with Crippen LogP contribution in [0.1, 0.15) is 13.8 Å². The Morgan fingerprint density at radius 2 is 1.86 bits per heavy atom. The summed E-state index contributed by atoms with van der Waals surface area (Å²) < 4.78 is 0. The van der Waals surface area contributed by atoms with Crippen molar-refractivity contribution >= 4 is 22.5 Å². The molecule has 4 heteroatoms. The smallest absolute Gasteiger partial charge is 0.322 e. The average Bonchev–Trinajstić information content (AvgIpc) is 2.44. The van der Waals surface area contributed by atoms with Crippen LogP contribution < -0.4 is 5.32 Å². The molecule has 4 nitrogen and oxygen atoms in total. The van der Waals surface area contributed by atoms with E-state index in [-0.39, 0.29) is 11.9 Å². The van der Waals surface area contributed by atoms with Crippen LogP contribution in [0.25, 0.3) is 10.8 Å². The van der Waals surface area contributed by atoms with Crippen molar-refractivity contribution in [3.8, 4) is 0 Å². The Balaban J connectivity index is 1.74. The maximum absolute atomic E-state index is 12.3. The summed E-state index contributed by atoms with van der Waals surface area (Å²) in [7, 11) is 0. The van der Waals surface area contributed by atoms with Crippen LogP contribution in [0.3, 0.4) is 0 Å². The molecule has 1 aliphatic heterocycles. The number of carbonyl (C=O) groups excluding carboxylic acids is 1. The Kier molecular flexibility index (Phi) is 3.33. The Labute approximate surface area is 124 Å². The Morgan fingerprint density at radius 1 is 1.19 bits per heavy atom. The summed E-state index contributed by atoms with van der Waals surface area (Å²) in [4.78, 5) is 13.9. The molecular weight excluding hydrogens is 264 g/mol. The maximum Gasteiger partial charge on any atom is 0.322 e. The first-order valence-corrected chi connectivity index (χ1v) is 7.26. The zero-order chi connectivity index (χ0) is 15.0. The topological polar surface area (TPSA) is 52.6 Å². The van der Waals surface area contributed by atoms with Crippen LogP contribution in [0.15, 0.2) is 42.5 Å². The van der Waals surface area contributed by atoms with Gasteiger partial charge in [0.15, 0.2) is 0 Å². The minimum atomic E-state index is -0.740. The van der Waals surface area contributed by atoms with Gasteiger partial charge in [-0.3, -0.25) is 0 Å². The molecule has 2 amide bonds. The normalized spacial score (nSPS) is 16.9. The van der Waals surface area contributed by atoms with Gasteiger partial charge in [-0.1, -0.05) is 50.2 Å². The highest BCUT2D eigenvalue weighted by molar-refractivity contribution is 6.01. The number of benzene rings is 2. The van der Waals surface area contributed by atoms with Gasteiger partial charge in [0.25, 0.3) is 0 Å². The summed E-state index contributed by atoms with van der Waals surface area (Å²) in [6, 6.07) is 13.6. The number of hydrogen-bond donors (Lipinski definition) is 2. The quantitative estimate of drug-likeness (QED) is 0.890. The van der Waals surface area contributed by atoms with Crippen molar-refractivity contribution in [2.24, 2.45) is 5.92 Å². The number of anilines is 1. The molecule has 0 atom stereocenters. The van der Waals surface area contributed by atoms with Crippen molar-refractivity contribution in [3.05, 3.63) is 42.5 Å². The molecule has 0 radical (unpaired) electrons. The largest absolute Gasteiger partial charge is 0.386 e. The van der Waals surface area contributed by atoms with Gasteiger partial charge in [-0.25, -0.2) is 4.79 Å². The van der Waals surface area contributed by atoms with E-state index in [0.29, 0.717) is 13.1 Å². The van der Waals surface area contributed by atoms with E-state index in [1.54, 1.807) is 4.90 Å². The number of amides is 2. The van der Waals surface area contributed by atoms with Gasteiger partial charge in [-0.05, 0) is 17.4 Å². The van der Waals surface area contributed by atoms with Gasteiger partial charge in [-0.2, -0.15) is 0 Å². The van der Waals surface area contributed by atoms with Crippen LogP contribution in [0.4, 0.5) is 10.5 Å². The highest BCUT2D eigenvalue weighted by Gasteiger charge is 2.45. The second-order valence-electron chi connectivity index (χ2n) is 6.07. The minimum Gasteiger partial charge on any atom is -0.386 e. The molecule has 0 saturated carbocycles. The number of carbonyl (C=O) groups is 1. The lowest BCUT2D eigenvalue weighted by Gasteiger charge is -2.48. The highest BCUT2D eigenvalue weighted by atomic mass is 16.3. The van der Waals surface area contributed by atoms with Crippen LogP contribution in [0.2, 0.25) is 0 Å². The maximum atomic E-state index is 12.3. The number of β-amino-alcohol motifs (C(OH)–C–C–N with tert-alkyl or cyclic N) is 1. The van der Waals surface area contributed by atoms with Crippen molar-refractivity contribution in [3.63, 3.8) is 0 Å². The number of urea groups is 1. The van der Waals surface area contributed by atoms with Crippen molar-refractivity contribution in [1.29, 1.82) is 0 Å². The van der Waals surface area contributed by atoms with E-state index in [0.717, 1.165) is 16.5 Å². The predicted molar refractivity (Wildman–Crippen MR) is 84.3 cm³/mol. The zero-order valence-electron chi connectivity index (χ0n) is 12.3. The molecule has 1 heterocycles. The van der Waals surface area contributed by atoms with Crippen molar-refractivity contribution in [2.75, 3.05) is 18.4 Å². The number of fused-ring (bicyclic) bond motifs is 1. The highest BCUT2D eigenvalue weighted by Crippen LogP contribution is 2.30. The summed E-state index contributed by atoms with van der Waals surface area (Å²) in [5.41, 5.74) is 0.0638. The van der Waals surface area contributed by atoms with Crippen LogP contribution in [0, 0.1) is 5.92 Å². The number of nitrogens with one attached hydrogen (secondary N) is 1. The third-order valence-corrected chi connectivity index (χ3v) is 4.32. The standard InChI is InChI=1S/C17H20N2O2/c1-12(2)17(21)10-19(11-17)16(20)18-15-9-5-7-13-6-3-4-8-14(13)15/h3-9,12,21H,10-11H2,1-2H3,(H,18,20). The molecule has 0 bridgehead atoms. The second kappa shape index (κ2) is 5.04. The number of hydrogen-bond acceptors (Lipinski definition) is 2. The summed E-state index contributed by atoms with van der Waals surface area (Å²) in [5, 5.41) is 15.3. The van der Waals surface area contributed by atoms with E-state index < -0.39 is 5.60 Å². The molecular formula is C17H20N2O2. The summed E-state index contributed by atoms with van der Waals surface area (Å²) in [6.07, 6.45) is 0. The van der Waals surface area contributed by atoms with E-state index in [1.165, 1.54) is 0 Å². The fourth-order valence-corrected chi connectivity index (χ4v) is 2.65. The zero-order valence-corrected chi connectivity index (χ0v) is 12.3. The SMILES string of the molecule is CC(C)C1(O)CN(C(=O)Nc2cccc3ccccc23)C1. The molecule has 2 aromatic rings. The monoisotopic (exact) mass is 284 g/mol. The van der Waals surface area contributed by atoms with Crippen LogP contribution in [-0.4, -0.2) is 34.7 Å². The number of likely N-dealkylation sites (tertiary alicyclic amines) is 1. The molecule has 0 unspecified atom stereocenters. The van der Waals surface area contributed by atoms with E-state index in [2.05, 4.69) is 5.32 Å². The molecule has 0 spiro atoms. The summed E-state index contributed by atoms with van der Waals surface area (Å²) in [5.74, 6) is 0.152. The lowest BCUT2D eigenvalue weighted by molar-refractivity contribution is -0.105. The molecule has 2 aromatic carbocycles. The van der Waals surface area contributed by atoms with Gasteiger partial charge >= 0.3 is 6.03 Å². The number of nitrogens with zero attached hydrogens (tertiary/aromatic N) is 1. The van der Waals surface area contributed by atoms with Gasteiger partial charge in [0, 0.05) is 5.39 Å². The van der Waals surface area contributed by atoms with E-state index in [4.69, 9.17) is 0 Å². The van der Waals surface area contributed by atoms with Gasteiger partial charge in [0.2, 0.25) is 0 Å². The molecule has 1 aliphatic rings. The van der Waals surface area contributed by atoms with E-state index in [9.17, 15) is 9.90 Å². The molecule has 0 aliphatic carbocycles. The summed E-state index contributed by atoms with van der Waals surface area (Å²) >= 11 is 0. The molecule has 1 fully saturated rings. The molecule has 110 valence electrons. The Bertz CT molecular complexity index is 670. The van der Waals surface area contributed by atoms with Crippen molar-refractivity contribution in [2.45, 2.75) is 19.4 Å². The third-order valence-electron chi connectivity index (χ3n) is 4.32. The molecule has 3 rings (SSSR count). The van der Waals surface area contributed by atoms with Crippen molar-refractivity contribution < 1.29 is 9.90 Å². The van der Waals surface area contributed by atoms with Gasteiger partial charge < -0.3 is 15.3 Å². The fourth-order valence-electron chi connectivity index (χ4n) is 2.65. The number of rotatable bonds is 2. The van der Waals surface area contributed by atoms with Crippen molar-refractivity contribution in [1.82, 2.24) is 4.90 Å². The lowest BCUT2D eigenvalue weighted by Crippen LogP contribution is -2.66. The molecule has 21 heavy (non-hydrogen) atoms. The predicted octanol–water partition coefficient (Wildman–Crippen LogP) is 3.07. The van der Waals surface area contributed by atoms with Crippen LogP contribution in [-0.2, 0) is 0 Å². The van der Waals surface area contributed by atoms with Crippen LogP contribution in [0.5, 0.6) is 0 Å². The first-order valence-electron chi connectivity index (χ1n) is 7.26. The van der Waals surface area contributed by atoms with Gasteiger partial charge in [0.05, 0.1) is 18.8 Å².